The summed E-state index contributed by atoms with van der Waals surface area (Å²) in [5.41, 5.74) is 8.41. The summed E-state index contributed by atoms with van der Waals surface area (Å²) in [4.78, 5) is 13.7. The van der Waals surface area contributed by atoms with Crippen molar-refractivity contribution in [2.24, 2.45) is 0 Å². The number of methoxy groups -OCH3 is 1. The molecule has 1 atom stereocenters. The number of nitrogens with zero attached hydrogens (tertiary/aromatic N) is 3. The summed E-state index contributed by atoms with van der Waals surface area (Å²) in [6.45, 7) is 6.88. The van der Waals surface area contributed by atoms with Crippen LogP contribution in [0.15, 0.2) is 18.2 Å². The fraction of sp³-hybridized carbons (Fsp3) is 0.368. The molecule has 0 saturated carbocycles. The molecule has 2 aromatic heterocycles. The summed E-state index contributed by atoms with van der Waals surface area (Å²) in [6.07, 6.45) is 0. The van der Waals surface area contributed by atoms with Gasteiger partial charge in [-0.25, -0.2) is 9.97 Å². The number of benzene rings is 1. The predicted molar refractivity (Wildman–Crippen MR) is 109 cm³/mol. The van der Waals surface area contributed by atoms with E-state index in [1.165, 1.54) is 10.4 Å². The number of anilines is 1. The van der Waals surface area contributed by atoms with E-state index in [0.29, 0.717) is 17.4 Å². The second-order valence-electron chi connectivity index (χ2n) is 6.48. The van der Waals surface area contributed by atoms with Crippen LogP contribution in [0.25, 0.3) is 10.2 Å². The lowest BCUT2D eigenvalue weighted by atomic mass is 10.1. The summed E-state index contributed by atoms with van der Waals surface area (Å²) in [5.74, 6) is 2.08. The van der Waals surface area contributed by atoms with E-state index in [0.717, 1.165) is 27.4 Å². The van der Waals surface area contributed by atoms with E-state index >= 15 is 0 Å². The Labute approximate surface area is 162 Å². The molecule has 0 fully saturated rings. The normalized spacial score (nSPS) is 12.7. The number of nitrogen functional groups attached to an aromatic ring is 1. The van der Waals surface area contributed by atoms with Gasteiger partial charge in [-0.3, -0.25) is 4.90 Å². The van der Waals surface area contributed by atoms with E-state index < -0.39 is 0 Å². The molecule has 0 bridgehead atoms. The Morgan fingerprint density at radius 1 is 1.31 bits per heavy atom. The van der Waals surface area contributed by atoms with Crippen molar-refractivity contribution in [3.05, 3.63) is 45.1 Å². The number of aryl methyl sites for hydroxylation is 2. The lowest BCUT2D eigenvalue weighted by Crippen LogP contribution is -2.24. The van der Waals surface area contributed by atoms with Gasteiger partial charge in [-0.05, 0) is 51.6 Å². The van der Waals surface area contributed by atoms with Crippen molar-refractivity contribution in [3.63, 3.8) is 0 Å². The van der Waals surface area contributed by atoms with E-state index in [2.05, 4.69) is 30.7 Å². The van der Waals surface area contributed by atoms with Crippen LogP contribution in [0.5, 0.6) is 5.75 Å². The molecule has 2 N–H and O–H groups in total. The van der Waals surface area contributed by atoms with Crippen LogP contribution in [-0.4, -0.2) is 29.0 Å². The van der Waals surface area contributed by atoms with Crippen molar-refractivity contribution in [2.75, 3.05) is 19.9 Å². The van der Waals surface area contributed by atoms with Gasteiger partial charge in [0.05, 0.1) is 18.5 Å². The van der Waals surface area contributed by atoms with E-state index in [9.17, 15) is 0 Å². The van der Waals surface area contributed by atoms with Crippen LogP contribution in [0.2, 0.25) is 5.02 Å². The molecule has 138 valence electrons. The van der Waals surface area contributed by atoms with Gasteiger partial charge in [0.15, 0.2) is 0 Å². The van der Waals surface area contributed by atoms with Crippen molar-refractivity contribution in [3.8, 4) is 5.75 Å². The summed E-state index contributed by atoms with van der Waals surface area (Å²) in [5, 5.41) is 1.66. The molecule has 0 amide bonds. The minimum atomic E-state index is -0.00639. The lowest BCUT2D eigenvalue weighted by molar-refractivity contribution is 0.240. The topological polar surface area (TPSA) is 64.3 Å². The molecule has 0 aliphatic heterocycles. The molecule has 0 unspecified atom stereocenters. The van der Waals surface area contributed by atoms with Gasteiger partial charge < -0.3 is 10.5 Å². The average molecular weight is 391 g/mol. The largest absolute Gasteiger partial charge is 0.496 e. The van der Waals surface area contributed by atoms with Gasteiger partial charge in [0.2, 0.25) is 0 Å². The number of rotatable bonds is 5. The maximum atomic E-state index is 6.23. The highest BCUT2D eigenvalue weighted by Crippen LogP contribution is 2.33. The maximum Gasteiger partial charge on any atom is 0.149 e. The molecule has 1 aromatic carbocycles. The number of thiophene rings is 1. The number of nitrogens with two attached hydrogens (primary N) is 1. The summed E-state index contributed by atoms with van der Waals surface area (Å²) in [7, 11) is 3.69. The standard InChI is InChI=1S/C19H23ClN4OS/c1-10-12(3)26-19-16(10)17(21)22-18(23-19)11(2)24(4)9-13-8-14(20)6-7-15(13)25-5/h6-8,11H,9H2,1-5H3,(H2,21,22,23)/t11-/m0/s1. The number of hydrogen-bond acceptors (Lipinski definition) is 6. The summed E-state index contributed by atoms with van der Waals surface area (Å²) >= 11 is 7.80. The molecule has 3 aromatic rings. The molecular formula is C19H23ClN4OS. The van der Waals surface area contributed by atoms with Crippen LogP contribution < -0.4 is 10.5 Å². The molecule has 0 spiro atoms. The number of aromatic nitrogens is 2. The van der Waals surface area contributed by atoms with Gasteiger partial charge in [0, 0.05) is 22.0 Å². The van der Waals surface area contributed by atoms with Gasteiger partial charge in [-0.2, -0.15) is 0 Å². The smallest absolute Gasteiger partial charge is 0.149 e. The first-order valence-electron chi connectivity index (χ1n) is 8.37. The molecule has 0 aliphatic carbocycles. The van der Waals surface area contributed by atoms with Gasteiger partial charge in [-0.15, -0.1) is 11.3 Å². The highest BCUT2D eigenvalue weighted by molar-refractivity contribution is 7.18. The third-order valence-corrected chi connectivity index (χ3v) is 6.11. The maximum absolute atomic E-state index is 6.23. The Balaban J connectivity index is 1.90. The van der Waals surface area contributed by atoms with Crippen LogP contribution in [0.1, 0.15) is 34.8 Å². The van der Waals surface area contributed by atoms with Crippen molar-refractivity contribution >= 4 is 39.0 Å². The van der Waals surface area contributed by atoms with Crippen LogP contribution in [-0.2, 0) is 6.54 Å². The third-order valence-electron chi connectivity index (χ3n) is 4.77. The minimum absolute atomic E-state index is 0.00639. The van der Waals surface area contributed by atoms with Crippen LogP contribution in [0, 0.1) is 13.8 Å². The van der Waals surface area contributed by atoms with Gasteiger partial charge in [0.25, 0.3) is 0 Å². The minimum Gasteiger partial charge on any atom is -0.496 e. The van der Waals surface area contributed by atoms with E-state index in [4.69, 9.17) is 27.1 Å². The first-order chi connectivity index (χ1) is 12.3. The zero-order valence-corrected chi connectivity index (χ0v) is 17.2. The quantitative estimate of drug-likeness (QED) is 0.681. The molecule has 2 heterocycles. The van der Waals surface area contributed by atoms with E-state index in [1.807, 2.05) is 25.2 Å². The van der Waals surface area contributed by atoms with Gasteiger partial charge >= 0.3 is 0 Å². The number of ether oxygens (including phenoxy) is 1. The zero-order valence-electron chi connectivity index (χ0n) is 15.6. The van der Waals surface area contributed by atoms with Crippen LogP contribution in [0.4, 0.5) is 5.82 Å². The van der Waals surface area contributed by atoms with Gasteiger partial charge in [0.1, 0.15) is 22.2 Å². The first-order valence-corrected chi connectivity index (χ1v) is 9.57. The molecule has 0 saturated heterocycles. The first kappa shape index (κ1) is 18.9. The van der Waals surface area contributed by atoms with E-state index in [-0.39, 0.29) is 6.04 Å². The SMILES string of the molecule is COc1ccc(Cl)cc1CN(C)[C@@H](C)c1nc(N)c2c(C)c(C)sc2n1. The summed E-state index contributed by atoms with van der Waals surface area (Å²) in [6, 6.07) is 5.63. The van der Waals surface area contributed by atoms with Crippen LogP contribution in [0.3, 0.4) is 0 Å². The Morgan fingerprint density at radius 2 is 2.04 bits per heavy atom. The fourth-order valence-electron chi connectivity index (χ4n) is 2.96. The molecule has 3 rings (SSSR count). The highest BCUT2D eigenvalue weighted by atomic mass is 35.5. The fourth-order valence-corrected chi connectivity index (χ4v) is 4.20. The molecule has 26 heavy (non-hydrogen) atoms. The molecule has 7 heteroatoms. The van der Waals surface area contributed by atoms with Crippen LogP contribution >= 0.6 is 22.9 Å². The molecular weight excluding hydrogens is 368 g/mol. The monoisotopic (exact) mass is 390 g/mol. The average Bonchev–Trinajstić information content (AvgIpc) is 2.89. The van der Waals surface area contributed by atoms with Crippen molar-refractivity contribution in [1.29, 1.82) is 0 Å². The molecule has 5 nitrogen and oxygen atoms in total. The van der Waals surface area contributed by atoms with Crippen molar-refractivity contribution in [2.45, 2.75) is 33.4 Å². The number of hydrogen-bond donors (Lipinski definition) is 1. The number of fused-ring (bicyclic) bond motifs is 1. The Kier molecular flexibility index (Phi) is 5.37. The van der Waals surface area contributed by atoms with E-state index in [1.54, 1.807) is 18.4 Å². The molecule has 0 radical (unpaired) electrons. The highest BCUT2D eigenvalue weighted by Gasteiger charge is 2.20. The summed E-state index contributed by atoms with van der Waals surface area (Å²) < 4.78 is 5.44. The van der Waals surface area contributed by atoms with Gasteiger partial charge in [-0.1, -0.05) is 11.6 Å². The zero-order chi connectivity index (χ0) is 19.0. The Morgan fingerprint density at radius 3 is 2.73 bits per heavy atom. The Bertz CT molecular complexity index is 956. The van der Waals surface area contributed by atoms with Crippen molar-refractivity contribution in [1.82, 2.24) is 14.9 Å². The second-order valence-corrected chi connectivity index (χ2v) is 8.12. The second kappa shape index (κ2) is 7.39. The number of halogens is 1. The third kappa shape index (κ3) is 3.49. The Hall–Kier alpha value is -1.89. The lowest BCUT2D eigenvalue weighted by Gasteiger charge is -2.24. The molecule has 0 aliphatic rings. The predicted octanol–water partition coefficient (Wildman–Crippen LogP) is 4.75. The van der Waals surface area contributed by atoms with Crippen molar-refractivity contribution < 1.29 is 4.74 Å².